The molecule has 154 valence electrons. The third-order valence-electron chi connectivity index (χ3n) is 3.65. The first-order valence-electron chi connectivity index (χ1n) is 9.02. The highest BCUT2D eigenvalue weighted by Gasteiger charge is 2.15. The summed E-state index contributed by atoms with van der Waals surface area (Å²) in [7, 11) is 0. The summed E-state index contributed by atoms with van der Waals surface area (Å²) < 4.78 is 18.0. The summed E-state index contributed by atoms with van der Waals surface area (Å²) in [5.74, 6) is -1.29. The molecular weight excluding hydrogens is 377 g/mol. The van der Waals surface area contributed by atoms with Crippen LogP contribution in [0, 0.1) is 5.82 Å². The number of benzene rings is 2. The highest BCUT2D eigenvalue weighted by molar-refractivity contribution is 5.95. The lowest BCUT2D eigenvalue weighted by molar-refractivity contribution is -0.121. The number of carbonyl (C=O) groups is 3. The molecule has 0 saturated carbocycles. The van der Waals surface area contributed by atoms with Crippen LogP contribution in [0.3, 0.4) is 0 Å². The van der Waals surface area contributed by atoms with Crippen molar-refractivity contribution in [3.05, 3.63) is 71.0 Å². The Balaban J connectivity index is 1.78. The van der Waals surface area contributed by atoms with Crippen molar-refractivity contribution in [3.63, 3.8) is 0 Å². The number of rotatable bonds is 5. The summed E-state index contributed by atoms with van der Waals surface area (Å²) in [5.41, 5.74) is 5.81. The molecule has 0 atom stereocenters. The maximum atomic E-state index is 12.9. The highest BCUT2D eigenvalue weighted by Crippen LogP contribution is 2.08. The highest BCUT2D eigenvalue weighted by atomic mass is 19.1. The van der Waals surface area contributed by atoms with Gasteiger partial charge in [-0.25, -0.2) is 9.18 Å². The number of hydrogen-bond donors (Lipinski definition) is 3. The van der Waals surface area contributed by atoms with Gasteiger partial charge < -0.3 is 10.1 Å². The Bertz CT molecular complexity index is 859. The number of hydrazine groups is 1. The van der Waals surface area contributed by atoms with E-state index in [4.69, 9.17) is 4.74 Å². The second kappa shape index (κ2) is 9.68. The van der Waals surface area contributed by atoms with Crippen molar-refractivity contribution in [2.45, 2.75) is 39.3 Å². The first kappa shape index (κ1) is 21.9. The molecule has 0 aliphatic heterocycles. The van der Waals surface area contributed by atoms with Crippen LogP contribution in [0.25, 0.3) is 0 Å². The van der Waals surface area contributed by atoms with E-state index in [0.29, 0.717) is 11.1 Å². The Kier molecular flexibility index (Phi) is 7.30. The van der Waals surface area contributed by atoms with E-state index < -0.39 is 23.5 Å². The molecule has 2 aromatic carbocycles. The second-order valence-electron chi connectivity index (χ2n) is 7.36. The zero-order valence-electron chi connectivity index (χ0n) is 16.5. The molecule has 3 amide bonds. The van der Waals surface area contributed by atoms with Crippen molar-refractivity contribution in [1.82, 2.24) is 16.2 Å². The maximum absolute atomic E-state index is 12.9. The van der Waals surface area contributed by atoms with Crippen molar-refractivity contribution in [1.29, 1.82) is 0 Å². The summed E-state index contributed by atoms with van der Waals surface area (Å²) >= 11 is 0. The quantitative estimate of drug-likeness (QED) is 0.671. The van der Waals surface area contributed by atoms with E-state index in [1.807, 2.05) is 0 Å². The Hall–Kier alpha value is -3.42. The molecule has 0 spiro atoms. The standard InChI is InChI=1S/C21H24FN3O4/c1-21(2,3)29-20(28)23-13-15-4-8-16(9-5-15)19(27)25-24-18(26)12-14-6-10-17(22)11-7-14/h4-11H,12-13H2,1-3H3,(H,23,28)(H,24,26)(H,25,27). The summed E-state index contributed by atoms with van der Waals surface area (Å²) in [4.78, 5) is 35.6. The third kappa shape index (κ3) is 8.00. The lowest BCUT2D eigenvalue weighted by Gasteiger charge is -2.19. The molecule has 8 heteroatoms. The lowest BCUT2D eigenvalue weighted by Crippen LogP contribution is -2.42. The fourth-order valence-electron chi connectivity index (χ4n) is 2.29. The van der Waals surface area contributed by atoms with Crippen LogP contribution in [0.1, 0.15) is 42.3 Å². The molecule has 0 aromatic heterocycles. The summed E-state index contributed by atoms with van der Waals surface area (Å²) in [5, 5.41) is 2.63. The molecular formula is C21H24FN3O4. The fraction of sp³-hybridized carbons (Fsp3) is 0.286. The zero-order valence-corrected chi connectivity index (χ0v) is 16.5. The Morgan fingerprint density at radius 2 is 1.48 bits per heavy atom. The number of hydrogen-bond acceptors (Lipinski definition) is 4. The number of carbonyl (C=O) groups excluding carboxylic acids is 3. The normalized spacial score (nSPS) is 10.8. The minimum Gasteiger partial charge on any atom is -0.444 e. The van der Waals surface area contributed by atoms with Gasteiger partial charge in [-0.1, -0.05) is 24.3 Å². The van der Waals surface area contributed by atoms with E-state index in [0.717, 1.165) is 5.56 Å². The summed E-state index contributed by atoms with van der Waals surface area (Å²) in [6, 6.07) is 12.1. The van der Waals surface area contributed by atoms with E-state index in [1.165, 1.54) is 24.3 Å². The van der Waals surface area contributed by atoms with E-state index in [9.17, 15) is 18.8 Å². The summed E-state index contributed by atoms with van der Waals surface area (Å²) in [6.07, 6.45) is -0.515. The van der Waals surface area contributed by atoms with Crippen molar-refractivity contribution in [3.8, 4) is 0 Å². The van der Waals surface area contributed by atoms with Crippen LogP contribution in [-0.2, 0) is 22.5 Å². The van der Waals surface area contributed by atoms with E-state index in [2.05, 4.69) is 16.2 Å². The predicted octanol–water partition coefficient (Wildman–Crippen LogP) is 2.85. The van der Waals surface area contributed by atoms with Gasteiger partial charge in [-0.2, -0.15) is 0 Å². The van der Waals surface area contributed by atoms with Crippen LogP contribution in [-0.4, -0.2) is 23.5 Å². The molecule has 2 aromatic rings. The topological polar surface area (TPSA) is 96.5 Å². The van der Waals surface area contributed by atoms with Gasteiger partial charge in [0.2, 0.25) is 5.91 Å². The van der Waals surface area contributed by atoms with Gasteiger partial charge in [-0.05, 0) is 56.2 Å². The van der Waals surface area contributed by atoms with Gasteiger partial charge in [-0.15, -0.1) is 0 Å². The Labute approximate surface area is 168 Å². The van der Waals surface area contributed by atoms with Crippen molar-refractivity contribution >= 4 is 17.9 Å². The van der Waals surface area contributed by atoms with Crippen LogP contribution < -0.4 is 16.2 Å². The van der Waals surface area contributed by atoms with Crippen LogP contribution in [0.15, 0.2) is 48.5 Å². The third-order valence-corrected chi connectivity index (χ3v) is 3.65. The lowest BCUT2D eigenvalue weighted by atomic mass is 10.1. The van der Waals surface area contributed by atoms with Crippen molar-refractivity contribution in [2.24, 2.45) is 0 Å². The summed E-state index contributed by atoms with van der Waals surface area (Å²) in [6.45, 7) is 5.58. The fourth-order valence-corrected chi connectivity index (χ4v) is 2.29. The van der Waals surface area contributed by atoms with E-state index >= 15 is 0 Å². The van der Waals surface area contributed by atoms with Gasteiger partial charge in [0.05, 0.1) is 6.42 Å². The molecule has 2 rings (SSSR count). The minimum absolute atomic E-state index is 0.00975. The van der Waals surface area contributed by atoms with Crippen LogP contribution in [0.4, 0.5) is 9.18 Å². The van der Waals surface area contributed by atoms with Crippen LogP contribution in [0.2, 0.25) is 0 Å². The number of alkyl carbamates (subject to hydrolysis) is 1. The van der Waals surface area contributed by atoms with Crippen LogP contribution in [0.5, 0.6) is 0 Å². The van der Waals surface area contributed by atoms with E-state index in [1.54, 1.807) is 45.0 Å². The number of ether oxygens (including phenoxy) is 1. The molecule has 0 radical (unpaired) electrons. The minimum atomic E-state index is -0.576. The molecule has 0 saturated heterocycles. The van der Waals surface area contributed by atoms with Gasteiger partial charge in [0.1, 0.15) is 11.4 Å². The van der Waals surface area contributed by atoms with Gasteiger partial charge in [0.15, 0.2) is 0 Å². The molecule has 0 aliphatic rings. The number of nitrogens with one attached hydrogen (secondary N) is 3. The van der Waals surface area contributed by atoms with Crippen molar-refractivity contribution in [2.75, 3.05) is 0 Å². The number of halogens is 1. The molecule has 0 aliphatic carbocycles. The predicted molar refractivity (Wildman–Crippen MR) is 105 cm³/mol. The largest absolute Gasteiger partial charge is 0.444 e. The monoisotopic (exact) mass is 401 g/mol. The van der Waals surface area contributed by atoms with Gasteiger partial charge in [0, 0.05) is 12.1 Å². The van der Waals surface area contributed by atoms with Crippen molar-refractivity contribution < 1.29 is 23.5 Å². The SMILES string of the molecule is CC(C)(C)OC(=O)NCc1ccc(C(=O)NNC(=O)Cc2ccc(F)cc2)cc1. The first-order chi connectivity index (χ1) is 13.6. The van der Waals surface area contributed by atoms with Gasteiger partial charge in [-0.3, -0.25) is 20.4 Å². The number of amides is 3. The Morgan fingerprint density at radius 3 is 2.07 bits per heavy atom. The molecule has 7 nitrogen and oxygen atoms in total. The molecule has 0 bridgehead atoms. The molecule has 29 heavy (non-hydrogen) atoms. The van der Waals surface area contributed by atoms with Gasteiger partial charge in [0.25, 0.3) is 5.91 Å². The van der Waals surface area contributed by atoms with Crippen LogP contribution >= 0.6 is 0 Å². The average Bonchev–Trinajstić information content (AvgIpc) is 2.65. The molecule has 0 heterocycles. The molecule has 0 fully saturated rings. The second-order valence-corrected chi connectivity index (χ2v) is 7.36. The maximum Gasteiger partial charge on any atom is 0.407 e. The Morgan fingerprint density at radius 1 is 0.897 bits per heavy atom. The molecule has 0 unspecified atom stereocenters. The average molecular weight is 401 g/mol. The zero-order chi connectivity index (χ0) is 21.4. The smallest absolute Gasteiger partial charge is 0.407 e. The van der Waals surface area contributed by atoms with Gasteiger partial charge >= 0.3 is 6.09 Å². The first-order valence-corrected chi connectivity index (χ1v) is 9.02. The molecule has 3 N–H and O–H groups in total. The van der Waals surface area contributed by atoms with E-state index in [-0.39, 0.29) is 18.8 Å².